The van der Waals surface area contributed by atoms with Gasteiger partial charge in [-0.3, -0.25) is 0 Å². The van der Waals surface area contributed by atoms with Crippen molar-refractivity contribution in [2.45, 2.75) is 64.6 Å². The second kappa shape index (κ2) is 5.90. The van der Waals surface area contributed by atoms with E-state index in [9.17, 15) is 0 Å². The van der Waals surface area contributed by atoms with E-state index in [-0.39, 0.29) is 6.10 Å². The molecule has 0 radical (unpaired) electrons. The van der Waals surface area contributed by atoms with Crippen molar-refractivity contribution in [2.24, 2.45) is 5.92 Å². The second-order valence-electron chi connectivity index (χ2n) is 6.18. The Labute approximate surface area is 119 Å². The number of thiazole rings is 1. The number of nitrogens with zero attached hydrogens (tertiary/aromatic N) is 1. The highest BCUT2D eigenvalue weighted by Gasteiger charge is 2.25. The summed E-state index contributed by atoms with van der Waals surface area (Å²) in [6.07, 6.45) is 6.37. The maximum atomic E-state index is 5.78. The average Bonchev–Trinajstić information content (AvgIpc) is 2.89. The summed E-state index contributed by atoms with van der Waals surface area (Å²) in [4.78, 5) is 6.32. The van der Waals surface area contributed by atoms with Crippen molar-refractivity contribution in [3.63, 3.8) is 0 Å². The lowest BCUT2D eigenvalue weighted by molar-refractivity contribution is 0.111. The van der Waals surface area contributed by atoms with Crippen LogP contribution in [0, 0.1) is 5.92 Å². The van der Waals surface area contributed by atoms with Crippen LogP contribution in [-0.2, 0) is 17.7 Å². The zero-order chi connectivity index (χ0) is 13.2. The minimum Gasteiger partial charge on any atom is -0.371 e. The van der Waals surface area contributed by atoms with Crippen molar-refractivity contribution >= 4 is 11.3 Å². The van der Waals surface area contributed by atoms with Gasteiger partial charge in [0.05, 0.1) is 5.69 Å². The Kier molecular flexibility index (Phi) is 4.20. The molecule has 0 amide bonds. The third-order valence-electron chi connectivity index (χ3n) is 3.73. The molecule has 1 aliphatic carbocycles. The molecule has 0 bridgehead atoms. The van der Waals surface area contributed by atoms with Crippen molar-refractivity contribution in [1.29, 1.82) is 0 Å². The van der Waals surface area contributed by atoms with Crippen LogP contribution in [0.15, 0.2) is 0 Å². The quantitative estimate of drug-likeness (QED) is 0.866. The van der Waals surface area contributed by atoms with Crippen molar-refractivity contribution < 1.29 is 4.74 Å². The van der Waals surface area contributed by atoms with E-state index >= 15 is 0 Å². The molecule has 1 aromatic rings. The Bertz CT molecular complexity index is 420. The zero-order valence-electron chi connectivity index (χ0n) is 11.9. The van der Waals surface area contributed by atoms with Gasteiger partial charge in [0.15, 0.2) is 0 Å². The minimum absolute atomic E-state index is 0.269. The molecule has 1 N–H and O–H groups in total. The standard InChI is InChI=1S/C15H24N2OS/c1-10(2)8-12-14(9-16-11-5-6-11)19-15(17-12)13-4-3-7-18-13/h10-11,13,16H,3-9H2,1-2H3. The molecule has 1 saturated heterocycles. The topological polar surface area (TPSA) is 34.1 Å². The highest BCUT2D eigenvalue weighted by molar-refractivity contribution is 7.11. The van der Waals surface area contributed by atoms with Gasteiger partial charge in [-0.1, -0.05) is 13.8 Å². The van der Waals surface area contributed by atoms with E-state index in [1.165, 1.54) is 34.8 Å². The molecular weight excluding hydrogens is 256 g/mol. The van der Waals surface area contributed by atoms with Gasteiger partial charge in [0.1, 0.15) is 11.1 Å². The van der Waals surface area contributed by atoms with Gasteiger partial charge in [-0.25, -0.2) is 4.98 Å². The van der Waals surface area contributed by atoms with Crippen molar-refractivity contribution in [2.75, 3.05) is 6.61 Å². The first-order valence-corrected chi connectivity index (χ1v) is 8.37. The van der Waals surface area contributed by atoms with E-state index in [0.29, 0.717) is 5.92 Å². The molecule has 1 aliphatic heterocycles. The van der Waals surface area contributed by atoms with Gasteiger partial charge in [-0.15, -0.1) is 11.3 Å². The van der Waals surface area contributed by atoms with Crippen molar-refractivity contribution in [1.82, 2.24) is 10.3 Å². The summed E-state index contributed by atoms with van der Waals surface area (Å²) in [6, 6.07) is 0.764. The van der Waals surface area contributed by atoms with Crippen molar-refractivity contribution in [3.8, 4) is 0 Å². The molecule has 19 heavy (non-hydrogen) atoms. The Morgan fingerprint density at radius 1 is 1.37 bits per heavy atom. The Balaban J connectivity index is 1.73. The molecule has 4 heteroatoms. The number of rotatable bonds is 6. The van der Waals surface area contributed by atoms with Gasteiger partial charge in [-0.05, 0) is 38.0 Å². The molecular formula is C15H24N2OS. The largest absolute Gasteiger partial charge is 0.371 e. The van der Waals surface area contributed by atoms with Crippen LogP contribution in [-0.4, -0.2) is 17.6 Å². The van der Waals surface area contributed by atoms with Crippen LogP contribution in [0.3, 0.4) is 0 Å². The SMILES string of the molecule is CC(C)Cc1nc(C2CCCO2)sc1CNC1CC1. The van der Waals surface area contributed by atoms with E-state index < -0.39 is 0 Å². The molecule has 1 unspecified atom stereocenters. The lowest BCUT2D eigenvalue weighted by atomic mass is 10.1. The predicted octanol–water partition coefficient (Wildman–Crippen LogP) is 3.45. The number of hydrogen-bond donors (Lipinski definition) is 1. The predicted molar refractivity (Wildman–Crippen MR) is 78.4 cm³/mol. The minimum atomic E-state index is 0.269. The number of ether oxygens (including phenoxy) is 1. The molecule has 3 nitrogen and oxygen atoms in total. The summed E-state index contributed by atoms with van der Waals surface area (Å²) in [5.74, 6) is 0.666. The van der Waals surface area contributed by atoms with E-state index in [4.69, 9.17) is 9.72 Å². The lowest BCUT2D eigenvalue weighted by Crippen LogP contribution is -2.15. The van der Waals surface area contributed by atoms with E-state index in [1.54, 1.807) is 0 Å². The maximum absolute atomic E-state index is 5.78. The van der Waals surface area contributed by atoms with Gasteiger partial charge in [0, 0.05) is 24.1 Å². The van der Waals surface area contributed by atoms with Crippen molar-refractivity contribution in [3.05, 3.63) is 15.6 Å². The van der Waals surface area contributed by atoms with Crippen LogP contribution in [0.5, 0.6) is 0 Å². The number of nitrogens with one attached hydrogen (secondary N) is 1. The molecule has 1 atom stereocenters. The highest BCUT2D eigenvalue weighted by atomic mass is 32.1. The second-order valence-corrected chi connectivity index (χ2v) is 7.29. The summed E-state index contributed by atoms with van der Waals surface area (Å²) in [6.45, 7) is 6.43. The molecule has 1 saturated carbocycles. The summed E-state index contributed by atoms with van der Waals surface area (Å²) in [5, 5.41) is 4.83. The van der Waals surface area contributed by atoms with Gasteiger partial charge < -0.3 is 10.1 Å². The molecule has 2 fully saturated rings. The van der Waals surface area contributed by atoms with Gasteiger partial charge in [-0.2, -0.15) is 0 Å². The van der Waals surface area contributed by atoms with E-state index in [2.05, 4.69) is 19.2 Å². The van der Waals surface area contributed by atoms with E-state index in [0.717, 1.165) is 32.0 Å². The average molecular weight is 280 g/mol. The van der Waals surface area contributed by atoms with Gasteiger partial charge in [0.25, 0.3) is 0 Å². The number of aromatic nitrogens is 1. The monoisotopic (exact) mass is 280 g/mol. The van der Waals surface area contributed by atoms with Crippen LogP contribution in [0.4, 0.5) is 0 Å². The normalized spacial score (nSPS) is 23.4. The smallest absolute Gasteiger partial charge is 0.122 e. The number of hydrogen-bond acceptors (Lipinski definition) is 4. The first-order chi connectivity index (χ1) is 9.22. The molecule has 3 rings (SSSR count). The first kappa shape index (κ1) is 13.5. The van der Waals surface area contributed by atoms with Gasteiger partial charge >= 0.3 is 0 Å². The molecule has 106 valence electrons. The fourth-order valence-electron chi connectivity index (χ4n) is 2.52. The van der Waals surface area contributed by atoms with Crippen LogP contribution in [0.1, 0.15) is 61.2 Å². The molecule has 2 aliphatic rings. The Morgan fingerprint density at radius 3 is 2.84 bits per heavy atom. The summed E-state index contributed by atoms with van der Waals surface area (Å²) < 4.78 is 5.78. The highest BCUT2D eigenvalue weighted by Crippen LogP contribution is 2.34. The molecule has 2 heterocycles. The summed E-state index contributed by atoms with van der Waals surface area (Å²) >= 11 is 1.87. The van der Waals surface area contributed by atoms with Crippen LogP contribution < -0.4 is 5.32 Å². The lowest BCUT2D eigenvalue weighted by Gasteiger charge is -2.05. The van der Waals surface area contributed by atoms with E-state index in [1.807, 2.05) is 11.3 Å². The van der Waals surface area contributed by atoms with Crippen LogP contribution in [0.25, 0.3) is 0 Å². The Hall–Kier alpha value is -0.450. The molecule has 0 spiro atoms. The van der Waals surface area contributed by atoms with Crippen LogP contribution >= 0.6 is 11.3 Å². The van der Waals surface area contributed by atoms with Gasteiger partial charge in [0.2, 0.25) is 0 Å². The summed E-state index contributed by atoms with van der Waals surface area (Å²) in [7, 11) is 0. The first-order valence-electron chi connectivity index (χ1n) is 7.56. The maximum Gasteiger partial charge on any atom is 0.122 e. The Morgan fingerprint density at radius 2 is 2.21 bits per heavy atom. The zero-order valence-corrected chi connectivity index (χ0v) is 12.8. The fourth-order valence-corrected chi connectivity index (χ4v) is 3.65. The third kappa shape index (κ3) is 3.56. The third-order valence-corrected chi connectivity index (χ3v) is 4.92. The fraction of sp³-hybridized carbons (Fsp3) is 0.800. The molecule has 0 aromatic carbocycles. The van der Waals surface area contributed by atoms with Crippen LogP contribution in [0.2, 0.25) is 0 Å². The molecule has 1 aromatic heterocycles. The summed E-state index contributed by atoms with van der Waals surface area (Å²) in [5.41, 5.74) is 1.30.